The number of phenolic OH excluding ortho intramolecular Hbond substituents is 1. The lowest BCUT2D eigenvalue weighted by Crippen LogP contribution is -2.29. The number of nitrogens with zero attached hydrogens (tertiary/aromatic N) is 2. The van der Waals surface area contributed by atoms with Crippen LogP contribution in [0.25, 0.3) is 0 Å². The number of benzene rings is 2. The van der Waals surface area contributed by atoms with Crippen molar-refractivity contribution in [3.8, 4) is 5.75 Å². The molecule has 1 aromatic heterocycles. The molecule has 10 heteroatoms. The van der Waals surface area contributed by atoms with Crippen LogP contribution < -0.4 is 15.4 Å². The maximum atomic E-state index is 13.0. The molecular weight excluding hydrogens is 397 g/mol. The van der Waals surface area contributed by atoms with E-state index in [4.69, 9.17) is 0 Å². The Kier molecular flexibility index (Phi) is 6.25. The van der Waals surface area contributed by atoms with E-state index in [9.17, 15) is 17.9 Å². The third kappa shape index (κ3) is 5.87. The SMILES string of the molecule is Cc1cc(Nc2ccc(F)cc2)nc(NCCNS(=O)(=O)c2ccc(O)cc2)n1. The fourth-order valence-corrected chi connectivity index (χ4v) is 3.49. The van der Waals surface area contributed by atoms with Crippen molar-refractivity contribution < 1.29 is 17.9 Å². The first-order chi connectivity index (χ1) is 13.8. The highest BCUT2D eigenvalue weighted by Gasteiger charge is 2.13. The lowest BCUT2D eigenvalue weighted by molar-refractivity contribution is 0.474. The van der Waals surface area contributed by atoms with Crippen LogP contribution in [0.1, 0.15) is 5.69 Å². The molecule has 4 N–H and O–H groups in total. The molecule has 0 bridgehead atoms. The Morgan fingerprint density at radius 1 is 1.00 bits per heavy atom. The predicted molar refractivity (Wildman–Crippen MR) is 108 cm³/mol. The van der Waals surface area contributed by atoms with Gasteiger partial charge in [0.25, 0.3) is 0 Å². The zero-order chi connectivity index (χ0) is 20.9. The summed E-state index contributed by atoms with van der Waals surface area (Å²) in [4.78, 5) is 8.65. The van der Waals surface area contributed by atoms with E-state index in [-0.39, 0.29) is 29.6 Å². The molecule has 0 aliphatic heterocycles. The number of nitrogens with one attached hydrogen (secondary N) is 3. The van der Waals surface area contributed by atoms with Crippen LogP contribution in [0, 0.1) is 12.7 Å². The summed E-state index contributed by atoms with van der Waals surface area (Å²) in [5.74, 6) is 0.522. The molecule has 29 heavy (non-hydrogen) atoms. The van der Waals surface area contributed by atoms with Gasteiger partial charge in [-0.25, -0.2) is 22.5 Å². The minimum atomic E-state index is -3.68. The van der Waals surface area contributed by atoms with Crippen molar-refractivity contribution in [2.24, 2.45) is 0 Å². The van der Waals surface area contributed by atoms with Crippen LogP contribution in [0.4, 0.5) is 21.8 Å². The number of aromatic nitrogens is 2. The molecule has 0 saturated carbocycles. The largest absolute Gasteiger partial charge is 0.508 e. The van der Waals surface area contributed by atoms with E-state index < -0.39 is 10.0 Å². The minimum Gasteiger partial charge on any atom is -0.508 e. The van der Waals surface area contributed by atoms with Gasteiger partial charge in [-0.3, -0.25) is 0 Å². The summed E-state index contributed by atoms with van der Waals surface area (Å²) in [7, 11) is -3.68. The van der Waals surface area contributed by atoms with Crippen molar-refractivity contribution in [1.29, 1.82) is 0 Å². The van der Waals surface area contributed by atoms with Gasteiger partial charge in [0, 0.05) is 30.5 Å². The Labute approximate surface area is 167 Å². The second-order valence-electron chi connectivity index (χ2n) is 6.17. The summed E-state index contributed by atoms with van der Waals surface area (Å²) < 4.78 is 39.9. The molecule has 1 heterocycles. The Bertz CT molecular complexity index is 1070. The molecule has 8 nitrogen and oxygen atoms in total. The monoisotopic (exact) mass is 417 g/mol. The highest BCUT2D eigenvalue weighted by atomic mass is 32.2. The van der Waals surface area contributed by atoms with Gasteiger partial charge in [0.1, 0.15) is 17.4 Å². The number of aryl methyl sites for hydroxylation is 1. The van der Waals surface area contributed by atoms with E-state index in [1.54, 1.807) is 25.1 Å². The Hall–Kier alpha value is -3.24. The highest BCUT2D eigenvalue weighted by Crippen LogP contribution is 2.17. The highest BCUT2D eigenvalue weighted by molar-refractivity contribution is 7.89. The molecule has 0 unspecified atom stereocenters. The first kappa shape index (κ1) is 20.5. The van der Waals surface area contributed by atoms with Gasteiger partial charge in [-0.15, -0.1) is 0 Å². The number of hydrogen-bond donors (Lipinski definition) is 4. The van der Waals surface area contributed by atoms with Gasteiger partial charge in [0.15, 0.2) is 0 Å². The summed E-state index contributed by atoms with van der Waals surface area (Å²) in [6.45, 7) is 2.17. The van der Waals surface area contributed by atoms with Gasteiger partial charge in [-0.05, 0) is 55.5 Å². The molecule has 0 saturated heterocycles. The zero-order valence-electron chi connectivity index (χ0n) is 15.6. The molecule has 0 fully saturated rings. The van der Waals surface area contributed by atoms with Gasteiger partial charge in [-0.2, -0.15) is 4.98 Å². The van der Waals surface area contributed by atoms with Crippen LogP contribution in [-0.2, 0) is 10.0 Å². The lowest BCUT2D eigenvalue weighted by Gasteiger charge is -2.11. The number of hydrogen-bond acceptors (Lipinski definition) is 7. The molecular formula is C19H20FN5O3S. The summed E-state index contributed by atoms with van der Waals surface area (Å²) in [6, 6.07) is 12.9. The van der Waals surface area contributed by atoms with E-state index in [2.05, 4.69) is 25.3 Å². The Morgan fingerprint density at radius 2 is 1.69 bits per heavy atom. The number of anilines is 3. The van der Waals surface area contributed by atoms with Crippen molar-refractivity contribution in [2.45, 2.75) is 11.8 Å². The van der Waals surface area contributed by atoms with Crippen LogP contribution in [0.5, 0.6) is 5.75 Å². The van der Waals surface area contributed by atoms with Gasteiger partial charge in [-0.1, -0.05) is 0 Å². The van der Waals surface area contributed by atoms with Crippen molar-refractivity contribution >= 4 is 27.5 Å². The molecule has 0 spiro atoms. The topological polar surface area (TPSA) is 116 Å². The van der Waals surface area contributed by atoms with E-state index >= 15 is 0 Å². The lowest BCUT2D eigenvalue weighted by atomic mass is 10.3. The molecule has 0 amide bonds. The Morgan fingerprint density at radius 3 is 2.38 bits per heavy atom. The predicted octanol–water partition coefficient (Wildman–Crippen LogP) is 2.76. The normalized spacial score (nSPS) is 11.2. The van der Waals surface area contributed by atoms with E-state index in [0.29, 0.717) is 23.1 Å². The third-order valence-corrected chi connectivity index (χ3v) is 5.29. The summed E-state index contributed by atoms with van der Waals surface area (Å²) in [5.41, 5.74) is 1.38. The van der Waals surface area contributed by atoms with E-state index in [1.165, 1.54) is 36.4 Å². The number of aromatic hydroxyl groups is 1. The fourth-order valence-electron chi connectivity index (χ4n) is 2.46. The second-order valence-corrected chi connectivity index (χ2v) is 7.94. The van der Waals surface area contributed by atoms with Gasteiger partial charge in [0.05, 0.1) is 4.90 Å². The number of rotatable bonds is 8. The average Bonchev–Trinajstić information content (AvgIpc) is 2.67. The van der Waals surface area contributed by atoms with Crippen LogP contribution in [-0.4, -0.2) is 36.6 Å². The molecule has 0 aliphatic carbocycles. The molecule has 0 aliphatic rings. The van der Waals surface area contributed by atoms with Crippen LogP contribution in [0.2, 0.25) is 0 Å². The summed E-state index contributed by atoms with van der Waals surface area (Å²) >= 11 is 0. The third-order valence-electron chi connectivity index (χ3n) is 3.82. The molecule has 2 aromatic carbocycles. The standard InChI is InChI=1S/C19H20FN5O3S/c1-13-12-18(24-15-4-2-14(20)3-5-15)25-19(23-13)21-10-11-22-29(27,28)17-8-6-16(26)7-9-17/h2-9,12,22,26H,10-11H2,1H3,(H2,21,23,24,25). The molecule has 0 radical (unpaired) electrons. The van der Waals surface area contributed by atoms with Crippen molar-refractivity contribution in [1.82, 2.24) is 14.7 Å². The molecule has 3 aromatic rings. The molecule has 3 rings (SSSR count). The van der Waals surface area contributed by atoms with E-state index in [1.807, 2.05) is 0 Å². The number of halogens is 1. The smallest absolute Gasteiger partial charge is 0.240 e. The maximum absolute atomic E-state index is 13.0. The summed E-state index contributed by atoms with van der Waals surface area (Å²) in [6.07, 6.45) is 0. The first-order valence-corrected chi connectivity index (χ1v) is 10.2. The number of sulfonamides is 1. The van der Waals surface area contributed by atoms with Gasteiger partial charge >= 0.3 is 0 Å². The van der Waals surface area contributed by atoms with Crippen LogP contribution in [0.3, 0.4) is 0 Å². The molecule has 0 atom stereocenters. The van der Waals surface area contributed by atoms with E-state index in [0.717, 1.165) is 0 Å². The Balaban J connectivity index is 1.57. The average molecular weight is 417 g/mol. The van der Waals surface area contributed by atoms with Crippen molar-refractivity contribution in [2.75, 3.05) is 23.7 Å². The maximum Gasteiger partial charge on any atom is 0.240 e. The van der Waals surface area contributed by atoms with Crippen LogP contribution in [0.15, 0.2) is 59.5 Å². The minimum absolute atomic E-state index is 0.00716. The number of phenols is 1. The zero-order valence-corrected chi connectivity index (χ0v) is 16.4. The van der Waals surface area contributed by atoms with Crippen molar-refractivity contribution in [3.05, 3.63) is 66.1 Å². The van der Waals surface area contributed by atoms with Gasteiger partial charge < -0.3 is 15.7 Å². The van der Waals surface area contributed by atoms with Gasteiger partial charge in [0.2, 0.25) is 16.0 Å². The fraction of sp³-hybridized carbons (Fsp3) is 0.158. The van der Waals surface area contributed by atoms with Crippen LogP contribution >= 0.6 is 0 Å². The molecule has 152 valence electrons. The summed E-state index contributed by atoms with van der Waals surface area (Å²) in [5, 5.41) is 15.3. The first-order valence-electron chi connectivity index (χ1n) is 8.73. The second kappa shape index (κ2) is 8.84. The van der Waals surface area contributed by atoms with Crippen molar-refractivity contribution in [3.63, 3.8) is 0 Å². The quantitative estimate of drug-likeness (QED) is 0.417.